The van der Waals surface area contributed by atoms with Gasteiger partial charge in [-0.3, -0.25) is 4.90 Å². The molecule has 0 saturated carbocycles. The molecule has 0 radical (unpaired) electrons. The van der Waals surface area contributed by atoms with Crippen LogP contribution in [0.1, 0.15) is 5.56 Å². The summed E-state index contributed by atoms with van der Waals surface area (Å²) < 4.78 is 11.3. The molecule has 0 spiro atoms. The molecule has 0 atom stereocenters. The fourth-order valence-electron chi connectivity index (χ4n) is 2.37. The monoisotopic (exact) mass is 450 g/mol. The predicted molar refractivity (Wildman–Crippen MR) is 106 cm³/mol. The van der Waals surface area contributed by atoms with Crippen molar-refractivity contribution in [2.75, 3.05) is 19.1 Å². The van der Waals surface area contributed by atoms with E-state index in [1.165, 1.54) is 14.2 Å². The van der Waals surface area contributed by atoms with Gasteiger partial charge in [0.15, 0.2) is 0 Å². The number of hydrogen-bond acceptors (Lipinski definition) is 7. The van der Waals surface area contributed by atoms with E-state index in [1.54, 1.807) is 41.4 Å². The Morgan fingerprint density at radius 1 is 1.11 bits per heavy atom. The Morgan fingerprint density at radius 3 is 2.37 bits per heavy atom. The normalized spacial score (nSPS) is 10.5. The molecular formula is C18H16BrClN4O3. The fraction of sp³-hybridized carbons (Fsp3) is 0.167. The third-order valence-electron chi connectivity index (χ3n) is 3.73. The summed E-state index contributed by atoms with van der Waals surface area (Å²) in [6.07, 6.45) is 1.66. The summed E-state index contributed by atoms with van der Waals surface area (Å²) in [5.41, 5.74) is 0.522. The van der Waals surface area contributed by atoms with Gasteiger partial charge >= 0.3 is 0 Å². The number of pyridine rings is 1. The summed E-state index contributed by atoms with van der Waals surface area (Å²) in [6.45, 7) is 0.191. The van der Waals surface area contributed by atoms with Crippen LogP contribution in [-0.2, 0) is 6.54 Å². The lowest BCUT2D eigenvalue weighted by molar-refractivity contribution is 0.372. The first-order valence-electron chi connectivity index (χ1n) is 7.84. The van der Waals surface area contributed by atoms with Crippen LogP contribution in [-0.4, -0.2) is 34.3 Å². The number of benzene rings is 1. The average molecular weight is 452 g/mol. The largest absolute Gasteiger partial charge is 0.508 e. The summed E-state index contributed by atoms with van der Waals surface area (Å²) in [4.78, 5) is 14.9. The maximum absolute atomic E-state index is 10.3. The van der Waals surface area contributed by atoms with Gasteiger partial charge in [0, 0.05) is 21.3 Å². The van der Waals surface area contributed by atoms with E-state index >= 15 is 0 Å². The van der Waals surface area contributed by atoms with E-state index < -0.39 is 0 Å². The SMILES string of the molecule is COc1cc(OC)nc(N(Cc2c(O)cccc2Cl)c2ccc(Br)cn2)n1. The molecule has 2 heterocycles. The minimum atomic E-state index is 0.0690. The van der Waals surface area contributed by atoms with Crippen LogP contribution in [0, 0.1) is 0 Å². The zero-order valence-electron chi connectivity index (χ0n) is 14.6. The number of rotatable bonds is 6. The van der Waals surface area contributed by atoms with Gasteiger partial charge < -0.3 is 14.6 Å². The Morgan fingerprint density at radius 2 is 1.81 bits per heavy atom. The Balaban J connectivity index is 2.12. The molecule has 7 nitrogen and oxygen atoms in total. The highest BCUT2D eigenvalue weighted by Gasteiger charge is 2.20. The minimum absolute atomic E-state index is 0.0690. The summed E-state index contributed by atoms with van der Waals surface area (Å²) in [6, 6.07) is 10.2. The van der Waals surface area contributed by atoms with Gasteiger partial charge in [0.1, 0.15) is 11.6 Å². The second-order valence-electron chi connectivity index (χ2n) is 5.41. The maximum Gasteiger partial charge on any atom is 0.238 e. The molecule has 140 valence electrons. The quantitative estimate of drug-likeness (QED) is 0.597. The second-order valence-corrected chi connectivity index (χ2v) is 6.73. The lowest BCUT2D eigenvalue weighted by Gasteiger charge is -2.23. The molecule has 0 aliphatic heterocycles. The second kappa shape index (κ2) is 8.41. The highest BCUT2D eigenvalue weighted by molar-refractivity contribution is 9.10. The molecule has 0 bridgehead atoms. The average Bonchev–Trinajstić information content (AvgIpc) is 2.68. The molecule has 3 aromatic rings. The van der Waals surface area contributed by atoms with E-state index in [1.807, 2.05) is 6.07 Å². The molecular weight excluding hydrogens is 436 g/mol. The molecule has 0 aliphatic rings. The Hall–Kier alpha value is -2.58. The van der Waals surface area contributed by atoms with Crippen LogP contribution in [0.3, 0.4) is 0 Å². The van der Waals surface area contributed by atoms with Gasteiger partial charge in [-0.05, 0) is 40.2 Å². The number of anilines is 2. The number of phenolic OH excluding ortho intramolecular Hbond substituents is 1. The first-order valence-corrected chi connectivity index (χ1v) is 9.01. The van der Waals surface area contributed by atoms with Gasteiger partial charge in [0.25, 0.3) is 0 Å². The van der Waals surface area contributed by atoms with Crippen molar-refractivity contribution >= 4 is 39.3 Å². The molecule has 1 aromatic carbocycles. The number of methoxy groups -OCH3 is 2. The van der Waals surface area contributed by atoms with Crippen molar-refractivity contribution in [3.8, 4) is 17.5 Å². The van der Waals surface area contributed by atoms with Gasteiger partial charge in [-0.2, -0.15) is 9.97 Å². The number of hydrogen-bond donors (Lipinski definition) is 1. The van der Waals surface area contributed by atoms with E-state index in [-0.39, 0.29) is 12.3 Å². The molecule has 1 N–H and O–H groups in total. The van der Waals surface area contributed by atoms with Crippen LogP contribution in [0.25, 0.3) is 0 Å². The Labute approximate surface area is 169 Å². The van der Waals surface area contributed by atoms with E-state index in [2.05, 4.69) is 30.9 Å². The molecule has 0 amide bonds. The van der Waals surface area contributed by atoms with Crippen molar-refractivity contribution in [3.05, 3.63) is 57.7 Å². The molecule has 9 heteroatoms. The van der Waals surface area contributed by atoms with Gasteiger partial charge in [-0.15, -0.1) is 0 Å². The third kappa shape index (κ3) is 4.40. The summed E-state index contributed by atoms with van der Waals surface area (Å²) in [7, 11) is 3.02. The van der Waals surface area contributed by atoms with Crippen LogP contribution in [0.4, 0.5) is 11.8 Å². The zero-order valence-corrected chi connectivity index (χ0v) is 16.9. The first-order chi connectivity index (χ1) is 13.0. The van der Waals surface area contributed by atoms with Crippen LogP contribution in [0.5, 0.6) is 17.5 Å². The molecule has 3 rings (SSSR count). The number of phenols is 1. The number of nitrogens with zero attached hydrogens (tertiary/aromatic N) is 4. The van der Waals surface area contributed by atoms with Crippen LogP contribution in [0.2, 0.25) is 5.02 Å². The molecule has 0 aliphatic carbocycles. The van der Waals surface area contributed by atoms with E-state index in [9.17, 15) is 5.11 Å². The minimum Gasteiger partial charge on any atom is -0.508 e. The van der Waals surface area contributed by atoms with Crippen LogP contribution >= 0.6 is 27.5 Å². The number of halogens is 2. The molecule has 27 heavy (non-hydrogen) atoms. The summed E-state index contributed by atoms with van der Waals surface area (Å²) in [5, 5.41) is 10.7. The number of ether oxygens (including phenoxy) is 2. The van der Waals surface area contributed by atoms with E-state index in [0.29, 0.717) is 34.1 Å². The van der Waals surface area contributed by atoms with Gasteiger partial charge in [-0.25, -0.2) is 4.98 Å². The lowest BCUT2D eigenvalue weighted by atomic mass is 10.2. The van der Waals surface area contributed by atoms with Crippen molar-refractivity contribution < 1.29 is 14.6 Å². The maximum atomic E-state index is 10.3. The smallest absolute Gasteiger partial charge is 0.238 e. The summed E-state index contributed by atoms with van der Waals surface area (Å²) in [5.74, 6) is 1.59. The van der Waals surface area contributed by atoms with Crippen molar-refractivity contribution in [1.82, 2.24) is 15.0 Å². The first kappa shape index (κ1) is 19.2. The van der Waals surface area contributed by atoms with Gasteiger partial charge in [-0.1, -0.05) is 17.7 Å². The molecule has 0 fully saturated rings. The van der Waals surface area contributed by atoms with Crippen molar-refractivity contribution in [2.24, 2.45) is 0 Å². The topological polar surface area (TPSA) is 80.6 Å². The highest BCUT2D eigenvalue weighted by Crippen LogP contribution is 2.32. The summed E-state index contributed by atoms with van der Waals surface area (Å²) >= 11 is 9.66. The Kier molecular flexibility index (Phi) is 5.98. The standard InChI is InChI=1S/C18H16BrClN4O3/c1-26-16-8-17(27-2)23-18(22-16)24(15-7-6-11(19)9-21-15)10-12-13(20)4-3-5-14(12)25/h3-9,25H,10H2,1-2H3. The van der Waals surface area contributed by atoms with Crippen molar-refractivity contribution in [2.45, 2.75) is 6.54 Å². The number of aromatic nitrogens is 3. The van der Waals surface area contributed by atoms with Gasteiger partial charge in [0.05, 0.1) is 26.8 Å². The Bertz CT molecular complexity index is 898. The van der Waals surface area contributed by atoms with Gasteiger partial charge in [0.2, 0.25) is 17.7 Å². The molecule has 0 unspecified atom stereocenters. The van der Waals surface area contributed by atoms with Crippen molar-refractivity contribution in [1.29, 1.82) is 0 Å². The number of aromatic hydroxyl groups is 1. The van der Waals surface area contributed by atoms with Crippen molar-refractivity contribution in [3.63, 3.8) is 0 Å². The van der Waals surface area contributed by atoms with Crippen LogP contribution in [0.15, 0.2) is 47.1 Å². The molecule has 2 aromatic heterocycles. The zero-order chi connectivity index (χ0) is 19.4. The molecule has 0 saturated heterocycles. The predicted octanol–water partition coefficient (Wildman–Crippen LogP) is 4.35. The van der Waals surface area contributed by atoms with E-state index in [4.69, 9.17) is 21.1 Å². The fourth-order valence-corrected chi connectivity index (χ4v) is 2.83. The highest BCUT2D eigenvalue weighted by atomic mass is 79.9. The van der Waals surface area contributed by atoms with E-state index in [0.717, 1.165) is 4.47 Å². The third-order valence-corrected chi connectivity index (χ3v) is 4.55. The lowest BCUT2D eigenvalue weighted by Crippen LogP contribution is -2.21. The van der Waals surface area contributed by atoms with Crippen LogP contribution < -0.4 is 14.4 Å².